The fourth-order valence-electron chi connectivity index (χ4n) is 8.43. The van der Waals surface area contributed by atoms with E-state index in [1.165, 1.54) is 54.8 Å². The first kappa shape index (κ1) is 38.4. The van der Waals surface area contributed by atoms with Gasteiger partial charge in [0.05, 0.1) is 27.8 Å². The summed E-state index contributed by atoms with van der Waals surface area (Å²) in [7, 11) is 0. The highest BCUT2D eigenvalue weighted by molar-refractivity contribution is 6.15. The summed E-state index contributed by atoms with van der Waals surface area (Å²) in [5.41, 5.74) is 12.5. The molecule has 0 radical (unpaired) electrons. The first-order valence-electron chi connectivity index (χ1n) is 21.1. The van der Waals surface area contributed by atoms with Crippen molar-refractivity contribution in [3.05, 3.63) is 150 Å². The Labute approximate surface area is 348 Å². The SMILES string of the molecule is CC(C)c1ccc2c(c1)c1cc(C(C)(C)C)ccc1n2-c1cc(C(C)(C)C)cc2c3cc(C(C)(C)C)ccc3n(-c3nc(-c4ccccc4)nc(-c4ccccc4)n3)c12. The lowest BCUT2D eigenvalue weighted by molar-refractivity contribution is 0.590. The molecule has 6 aromatic carbocycles. The van der Waals surface area contributed by atoms with Gasteiger partial charge in [-0.1, -0.05) is 155 Å². The van der Waals surface area contributed by atoms with E-state index in [-0.39, 0.29) is 16.2 Å². The van der Waals surface area contributed by atoms with Crippen LogP contribution < -0.4 is 0 Å². The Morgan fingerprint density at radius 1 is 0.424 bits per heavy atom. The molecule has 3 heterocycles. The van der Waals surface area contributed by atoms with E-state index in [2.05, 4.69) is 176 Å². The summed E-state index contributed by atoms with van der Waals surface area (Å²) >= 11 is 0. The predicted octanol–water partition coefficient (Wildman–Crippen LogP) is 14.4. The lowest BCUT2D eigenvalue weighted by Gasteiger charge is -2.23. The maximum atomic E-state index is 5.36. The van der Waals surface area contributed by atoms with E-state index in [1.54, 1.807) is 0 Å². The first-order chi connectivity index (χ1) is 28.0. The average Bonchev–Trinajstić information content (AvgIpc) is 3.72. The molecule has 0 spiro atoms. The van der Waals surface area contributed by atoms with E-state index in [0.29, 0.717) is 23.5 Å². The van der Waals surface area contributed by atoms with Crippen LogP contribution in [0.5, 0.6) is 0 Å². The van der Waals surface area contributed by atoms with Gasteiger partial charge in [0, 0.05) is 32.7 Å². The van der Waals surface area contributed by atoms with Crippen LogP contribution in [0.4, 0.5) is 0 Å². The van der Waals surface area contributed by atoms with Crippen molar-refractivity contribution in [3.63, 3.8) is 0 Å². The van der Waals surface area contributed by atoms with Gasteiger partial charge in [0.15, 0.2) is 11.6 Å². The molecular weight excluding hydrogens is 719 g/mol. The molecule has 296 valence electrons. The Hall–Kier alpha value is -6.07. The number of aromatic nitrogens is 5. The topological polar surface area (TPSA) is 48.5 Å². The highest BCUT2D eigenvalue weighted by Gasteiger charge is 2.28. The number of hydrogen-bond acceptors (Lipinski definition) is 3. The highest BCUT2D eigenvalue weighted by Crippen LogP contribution is 2.44. The summed E-state index contributed by atoms with van der Waals surface area (Å²) in [6.07, 6.45) is 0. The van der Waals surface area contributed by atoms with Gasteiger partial charge >= 0.3 is 0 Å². The number of benzene rings is 6. The standard InChI is InChI=1S/C54H55N5/c1-33(2)36-22-25-44-40(28-36)41-29-37(52(3,4)5)23-26-45(41)58(44)47-32-39(54(9,10)11)31-43-42-30-38(53(6,7)8)24-27-46(42)59(48(43)47)51-56-49(34-18-14-12-15-19-34)55-50(57-51)35-20-16-13-17-21-35/h12-33H,1-11H3. The van der Waals surface area contributed by atoms with Crippen molar-refractivity contribution >= 4 is 43.6 Å². The van der Waals surface area contributed by atoms with Gasteiger partial charge in [-0.3, -0.25) is 4.57 Å². The van der Waals surface area contributed by atoms with Gasteiger partial charge in [0.1, 0.15) is 0 Å². The Morgan fingerprint density at radius 2 is 0.864 bits per heavy atom. The zero-order valence-corrected chi connectivity index (χ0v) is 36.4. The molecule has 59 heavy (non-hydrogen) atoms. The van der Waals surface area contributed by atoms with Gasteiger partial charge in [0.25, 0.3) is 0 Å². The number of hydrogen-bond donors (Lipinski definition) is 0. The third-order valence-electron chi connectivity index (χ3n) is 12.0. The van der Waals surface area contributed by atoms with Crippen LogP contribution in [0.25, 0.3) is 78.0 Å². The second-order valence-electron chi connectivity index (χ2n) is 19.7. The maximum absolute atomic E-state index is 5.36. The van der Waals surface area contributed by atoms with Crippen LogP contribution >= 0.6 is 0 Å². The molecule has 9 rings (SSSR count). The minimum atomic E-state index is -0.129. The molecule has 0 unspecified atom stereocenters. The van der Waals surface area contributed by atoms with Crippen molar-refractivity contribution in [2.45, 2.75) is 98.3 Å². The second-order valence-corrected chi connectivity index (χ2v) is 19.7. The predicted molar refractivity (Wildman–Crippen MR) is 250 cm³/mol. The van der Waals surface area contributed by atoms with Crippen molar-refractivity contribution in [2.75, 3.05) is 0 Å². The molecule has 0 saturated heterocycles. The van der Waals surface area contributed by atoms with Gasteiger partial charge in [-0.2, -0.15) is 9.97 Å². The van der Waals surface area contributed by atoms with Gasteiger partial charge < -0.3 is 4.57 Å². The van der Waals surface area contributed by atoms with E-state index in [4.69, 9.17) is 15.0 Å². The van der Waals surface area contributed by atoms with E-state index < -0.39 is 0 Å². The molecule has 0 saturated carbocycles. The van der Waals surface area contributed by atoms with E-state index >= 15 is 0 Å². The number of nitrogens with zero attached hydrogens (tertiary/aromatic N) is 5. The average molecular weight is 774 g/mol. The molecule has 5 nitrogen and oxygen atoms in total. The normalized spacial score (nSPS) is 12.8. The van der Waals surface area contributed by atoms with Crippen LogP contribution in [0.15, 0.2) is 127 Å². The van der Waals surface area contributed by atoms with Crippen molar-refractivity contribution < 1.29 is 0 Å². The van der Waals surface area contributed by atoms with Crippen LogP contribution in [-0.4, -0.2) is 24.1 Å². The van der Waals surface area contributed by atoms with Gasteiger partial charge in [-0.05, 0) is 92.9 Å². The molecule has 3 aromatic heterocycles. The highest BCUT2D eigenvalue weighted by atomic mass is 15.2. The summed E-state index contributed by atoms with van der Waals surface area (Å²) in [5, 5.41) is 4.89. The molecule has 9 aromatic rings. The summed E-state index contributed by atoms with van der Waals surface area (Å²) in [6, 6.07) is 46.5. The second kappa shape index (κ2) is 13.8. The van der Waals surface area contributed by atoms with E-state index in [0.717, 1.165) is 27.8 Å². The quantitative estimate of drug-likeness (QED) is 0.175. The minimum absolute atomic E-state index is 0.000476. The molecule has 0 fully saturated rings. The zero-order chi connectivity index (χ0) is 41.6. The smallest absolute Gasteiger partial charge is 0.238 e. The van der Waals surface area contributed by atoms with Crippen molar-refractivity contribution in [3.8, 4) is 34.4 Å². The lowest BCUT2D eigenvalue weighted by Crippen LogP contribution is -2.13. The third kappa shape index (κ3) is 6.71. The molecule has 0 N–H and O–H groups in total. The molecule has 0 atom stereocenters. The van der Waals surface area contributed by atoms with E-state index in [9.17, 15) is 0 Å². The largest absolute Gasteiger partial charge is 0.307 e. The van der Waals surface area contributed by atoms with Crippen LogP contribution in [0.1, 0.15) is 104 Å². The van der Waals surface area contributed by atoms with E-state index in [1.807, 2.05) is 36.4 Å². The van der Waals surface area contributed by atoms with Crippen LogP contribution in [-0.2, 0) is 16.2 Å². The maximum Gasteiger partial charge on any atom is 0.238 e. The Balaban J connectivity index is 1.49. The number of rotatable bonds is 5. The fraction of sp³-hybridized carbons (Fsp3) is 0.278. The third-order valence-corrected chi connectivity index (χ3v) is 12.0. The molecular formula is C54H55N5. The lowest BCUT2D eigenvalue weighted by atomic mass is 9.84. The van der Waals surface area contributed by atoms with Gasteiger partial charge in [-0.15, -0.1) is 0 Å². The van der Waals surface area contributed by atoms with Crippen molar-refractivity contribution in [2.24, 2.45) is 0 Å². The Morgan fingerprint density at radius 3 is 1.36 bits per heavy atom. The summed E-state index contributed by atoms with van der Waals surface area (Å²) in [6.45, 7) is 25.3. The zero-order valence-electron chi connectivity index (χ0n) is 36.4. The Kier molecular flexibility index (Phi) is 8.97. The van der Waals surface area contributed by atoms with Crippen LogP contribution in [0.3, 0.4) is 0 Å². The van der Waals surface area contributed by atoms with Crippen molar-refractivity contribution in [1.82, 2.24) is 24.1 Å². The fourth-order valence-corrected chi connectivity index (χ4v) is 8.43. The first-order valence-corrected chi connectivity index (χ1v) is 21.1. The molecule has 5 heteroatoms. The molecule has 0 bridgehead atoms. The molecule has 0 amide bonds. The van der Waals surface area contributed by atoms with Crippen LogP contribution in [0.2, 0.25) is 0 Å². The molecule has 0 aliphatic carbocycles. The van der Waals surface area contributed by atoms with Gasteiger partial charge in [0.2, 0.25) is 5.95 Å². The summed E-state index contributed by atoms with van der Waals surface area (Å²) in [4.78, 5) is 15.8. The van der Waals surface area contributed by atoms with Gasteiger partial charge in [-0.25, -0.2) is 4.98 Å². The number of fused-ring (bicyclic) bond motifs is 6. The van der Waals surface area contributed by atoms with Crippen molar-refractivity contribution in [1.29, 1.82) is 0 Å². The summed E-state index contributed by atoms with van der Waals surface area (Å²) < 4.78 is 4.82. The molecule has 0 aliphatic heterocycles. The minimum Gasteiger partial charge on any atom is -0.307 e. The summed E-state index contributed by atoms with van der Waals surface area (Å²) in [5.74, 6) is 2.26. The monoisotopic (exact) mass is 773 g/mol. The molecule has 0 aliphatic rings. The Bertz CT molecular complexity index is 2990. The van der Waals surface area contributed by atoms with Crippen LogP contribution in [0, 0.1) is 0 Å².